The highest BCUT2D eigenvalue weighted by Gasteiger charge is 2.34. The summed E-state index contributed by atoms with van der Waals surface area (Å²) in [5.41, 5.74) is 11.1. The van der Waals surface area contributed by atoms with E-state index in [1.54, 1.807) is 13.4 Å². The van der Waals surface area contributed by atoms with Crippen LogP contribution in [-0.4, -0.2) is 46.2 Å². The van der Waals surface area contributed by atoms with E-state index in [1.807, 2.05) is 50.5 Å². The third-order valence-corrected chi connectivity index (χ3v) is 13.3. The van der Waals surface area contributed by atoms with Crippen LogP contribution in [0.5, 0.6) is 17.4 Å². The van der Waals surface area contributed by atoms with Crippen LogP contribution in [0.1, 0.15) is 37.7 Å². The summed E-state index contributed by atoms with van der Waals surface area (Å²) in [7, 11) is 1.92. The monoisotopic (exact) mass is 602 g/mol. The Hall–Kier alpha value is -4.68. The van der Waals surface area contributed by atoms with Crippen LogP contribution in [0.3, 0.4) is 0 Å². The Balaban J connectivity index is 1.52. The Morgan fingerprint density at radius 2 is 1.84 bits per heavy atom. The molecule has 0 fully saturated rings. The molecule has 1 N–H and O–H groups in total. The van der Waals surface area contributed by atoms with Gasteiger partial charge in [-0.2, -0.15) is 0 Å². The van der Waals surface area contributed by atoms with E-state index in [-0.39, 0.29) is 5.04 Å². The lowest BCUT2D eigenvalue weighted by Crippen LogP contribution is -2.35. The Morgan fingerprint density at radius 3 is 2.59 bits per heavy atom. The van der Waals surface area contributed by atoms with Gasteiger partial charge in [0.25, 0.3) is 0 Å². The molecule has 0 aliphatic carbocycles. The molecule has 0 radical (unpaired) electrons. The van der Waals surface area contributed by atoms with Gasteiger partial charge in [0.2, 0.25) is 5.88 Å². The molecule has 1 aliphatic heterocycles. The summed E-state index contributed by atoms with van der Waals surface area (Å²) in [6.45, 7) is 14.1. The Bertz CT molecular complexity index is 1960. The van der Waals surface area contributed by atoms with Gasteiger partial charge in [-0.15, -0.1) is 5.54 Å². The Kier molecular flexibility index (Phi) is 7.42. The maximum Gasteiger partial charge on any atom is 0.219 e. The van der Waals surface area contributed by atoms with Crippen molar-refractivity contribution in [3.63, 3.8) is 0 Å². The van der Waals surface area contributed by atoms with E-state index in [0.717, 1.165) is 69.2 Å². The van der Waals surface area contributed by atoms with Gasteiger partial charge < -0.3 is 19.4 Å². The summed E-state index contributed by atoms with van der Waals surface area (Å²) >= 11 is 0. The first-order valence-corrected chi connectivity index (χ1v) is 17.9. The molecule has 5 heterocycles. The number of anilines is 1. The third kappa shape index (κ3) is 5.31. The van der Waals surface area contributed by atoms with E-state index in [0.29, 0.717) is 17.3 Å². The first-order valence-electron chi connectivity index (χ1n) is 14.9. The van der Waals surface area contributed by atoms with Crippen molar-refractivity contribution in [2.45, 2.75) is 52.2 Å². The minimum Gasteiger partial charge on any atom is -0.496 e. The average molecular weight is 603 g/mol. The standard InChI is InChI=1S/C35H38N6O2Si/c1-22-10-9-11-29(40-22)43-25-12-13-26-23(18-25)14-16-36-33-31-30(26)32(41(5)34(31)39-21-38-33)27-20-37-24(19-28(27)42-6)15-17-44(7,8)35(2,3)4/h9-13,18-21H,14,16H2,1-8H3,(H,36,38,39). The molecule has 1 aromatic carbocycles. The second-order valence-electron chi connectivity index (χ2n) is 12.8. The van der Waals surface area contributed by atoms with Crippen LogP contribution >= 0.6 is 0 Å². The zero-order valence-corrected chi connectivity index (χ0v) is 27.7. The molecule has 9 heteroatoms. The number of aromatic nitrogens is 5. The summed E-state index contributed by atoms with van der Waals surface area (Å²) in [5.74, 6) is 6.19. The van der Waals surface area contributed by atoms with Crippen molar-refractivity contribution in [1.29, 1.82) is 0 Å². The second kappa shape index (κ2) is 11.1. The summed E-state index contributed by atoms with van der Waals surface area (Å²) in [4.78, 5) is 18.7. The molecular formula is C35H38N6O2Si. The third-order valence-electron chi connectivity index (χ3n) is 8.80. The van der Waals surface area contributed by atoms with Crippen molar-refractivity contribution < 1.29 is 9.47 Å². The van der Waals surface area contributed by atoms with Gasteiger partial charge in [-0.05, 0) is 47.7 Å². The SMILES string of the molecule is COc1cc(C#C[Si](C)(C)C(C)(C)C)ncc1-c1c2c3c(ncnc3n1C)NCCc1cc(Oc3cccc(C)n3)ccc1-2. The highest BCUT2D eigenvalue weighted by molar-refractivity contribution is 6.87. The molecule has 0 bridgehead atoms. The number of nitrogens with one attached hydrogen (secondary N) is 1. The van der Waals surface area contributed by atoms with Crippen LogP contribution < -0.4 is 14.8 Å². The molecule has 4 aromatic heterocycles. The van der Waals surface area contributed by atoms with E-state index in [2.05, 4.69) is 77.3 Å². The fourth-order valence-corrected chi connectivity index (χ4v) is 6.14. The van der Waals surface area contributed by atoms with Gasteiger partial charge in [0.1, 0.15) is 43.1 Å². The van der Waals surface area contributed by atoms with Crippen molar-refractivity contribution in [3.8, 4) is 51.2 Å². The topological polar surface area (TPSA) is 87.0 Å². The molecule has 0 saturated heterocycles. The average Bonchev–Trinajstić information content (AvgIpc) is 3.27. The van der Waals surface area contributed by atoms with Crippen molar-refractivity contribution in [1.82, 2.24) is 24.5 Å². The molecule has 0 unspecified atom stereocenters. The zero-order valence-electron chi connectivity index (χ0n) is 26.7. The lowest BCUT2D eigenvalue weighted by molar-refractivity contribution is 0.415. The van der Waals surface area contributed by atoms with Crippen molar-refractivity contribution >= 4 is 24.9 Å². The molecule has 0 amide bonds. The van der Waals surface area contributed by atoms with Crippen molar-refractivity contribution in [2.24, 2.45) is 7.05 Å². The van der Waals surface area contributed by atoms with Crippen molar-refractivity contribution in [3.05, 3.63) is 71.9 Å². The first kappa shape index (κ1) is 29.4. The highest BCUT2D eigenvalue weighted by Crippen LogP contribution is 2.47. The quantitative estimate of drug-likeness (QED) is 0.168. The van der Waals surface area contributed by atoms with E-state index >= 15 is 0 Å². The van der Waals surface area contributed by atoms with Gasteiger partial charge in [-0.25, -0.2) is 19.9 Å². The summed E-state index contributed by atoms with van der Waals surface area (Å²) < 4.78 is 14.3. The van der Waals surface area contributed by atoms with Gasteiger partial charge >= 0.3 is 0 Å². The molecule has 1 aliphatic rings. The maximum absolute atomic E-state index is 6.18. The zero-order chi connectivity index (χ0) is 31.2. The molecule has 0 saturated carbocycles. The van der Waals surface area contributed by atoms with Gasteiger partial charge in [0, 0.05) is 43.2 Å². The number of aryl methyl sites for hydroxylation is 2. The van der Waals surface area contributed by atoms with Gasteiger partial charge in [0.05, 0.1) is 23.8 Å². The largest absolute Gasteiger partial charge is 0.496 e. The lowest BCUT2D eigenvalue weighted by Gasteiger charge is -2.31. The normalized spacial score (nSPS) is 12.8. The number of pyridine rings is 2. The number of rotatable bonds is 4. The number of benzene rings is 1. The van der Waals surface area contributed by atoms with Crippen LogP contribution in [0, 0.1) is 18.4 Å². The predicted molar refractivity (Wildman–Crippen MR) is 179 cm³/mol. The first-order chi connectivity index (χ1) is 21.0. The predicted octanol–water partition coefficient (Wildman–Crippen LogP) is 7.57. The number of ether oxygens (including phenoxy) is 2. The van der Waals surface area contributed by atoms with E-state index < -0.39 is 8.07 Å². The fraction of sp³-hybridized carbons (Fsp3) is 0.314. The highest BCUT2D eigenvalue weighted by atomic mass is 28.3. The fourth-order valence-electron chi connectivity index (χ4n) is 5.32. The lowest BCUT2D eigenvalue weighted by atomic mass is 9.92. The van der Waals surface area contributed by atoms with Crippen molar-refractivity contribution in [2.75, 3.05) is 19.0 Å². The smallest absolute Gasteiger partial charge is 0.219 e. The molecule has 6 rings (SSSR count). The molecule has 224 valence electrons. The molecule has 0 atom stereocenters. The van der Waals surface area contributed by atoms with E-state index in [9.17, 15) is 0 Å². The Morgan fingerprint density at radius 1 is 1.02 bits per heavy atom. The number of nitrogens with zero attached hydrogens (tertiary/aromatic N) is 5. The van der Waals surface area contributed by atoms with Gasteiger partial charge in [-0.3, -0.25) is 0 Å². The molecule has 0 spiro atoms. The van der Waals surface area contributed by atoms with Crippen LogP contribution in [0.15, 0.2) is 55.0 Å². The molecule has 44 heavy (non-hydrogen) atoms. The van der Waals surface area contributed by atoms with Crippen LogP contribution in [0.2, 0.25) is 18.1 Å². The van der Waals surface area contributed by atoms with Gasteiger partial charge in [-0.1, -0.05) is 51.9 Å². The van der Waals surface area contributed by atoms with Gasteiger partial charge in [0.15, 0.2) is 0 Å². The number of fused-ring (bicyclic) bond motifs is 2. The summed E-state index contributed by atoms with van der Waals surface area (Å²) in [6.07, 6.45) is 4.27. The number of methoxy groups -OCH3 is 1. The summed E-state index contributed by atoms with van der Waals surface area (Å²) in [6, 6.07) is 14.0. The molecular weight excluding hydrogens is 565 g/mol. The molecule has 5 aromatic rings. The van der Waals surface area contributed by atoms with Crippen LogP contribution in [0.4, 0.5) is 5.82 Å². The molecule has 8 nitrogen and oxygen atoms in total. The minimum atomic E-state index is -1.80. The number of hydrogen-bond acceptors (Lipinski definition) is 7. The van der Waals surface area contributed by atoms with Crippen LogP contribution in [-0.2, 0) is 13.5 Å². The number of hydrogen-bond donors (Lipinski definition) is 1. The van der Waals surface area contributed by atoms with Crippen LogP contribution in [0.25, 0.3) is 33.4 Å². The minimum absolute atomic E-state index is 0.161. The van der Waals surface area contributed by atoms with E-state index in [1.165, 1.54) is 0 Å². The summed E-state index contributed by atoms with van der Waals surface area (Å²) in [5, 5.41) is 4.66. The Labute approximate surface area is 259 Å². The van der Waals surface area contributed by atoms with E-state index in [4.69, 9.17) is 19.4 Å². The second-order valence-corrected chi connectivity index (χ2v) is 17.8. The maximum atomic E-state index is 6.18.